The molecule has 0 aliphatic heterocycles. The largest absolute Gasteiger partial charge is 0.444 e. The molecule has 0 spiro atoms. The lowest BCUT2D eigenvalue weighted by molar-refractivity contribution is -0.143. The molecule has 2 rings (SSSR count). The van der Waals surface area contributed by atoms with Crippen LogP contribution in [0, 0.1) is 26.7 Å². The van der Waals surface area contributed by atoms with Gasteiger partial charge in [-0.2, -0.15) is 11.8 Å². The van der Waals surface area contributed by atoms with Gasteiger partial charge in [0.25, 0.3) is 5.91 Å². The van der Waals surface area contributed by atoms with E-state index in [1.165, 1.54) is 0 Å². The quantitative estimate of drug-likeness (QED) is 0.248. The number of aryl methyl sites for hydroxylation is 3. The van der Waals surface area contributed by atoms with Crippen molar-refractivity contribution in [1.29, 1.82) is 0 Å². The maximum Gasteiger partial charge on any atom is 0.408 e. The number of para-hydroxylation sites is 1. The minimum atomic E-state index is -0.905. The van der Waals surface area contributed by atoms with Gasteiger partial charge in [0.2, 0.25) is 5.91 Å². The lowest BCUT2D eigenvalue weighted by atomic mass is 9.93. The van der Waals surface area contributed by atoms with Crippen LogP contribution >= 0.6 is 11.8 Å². The minimum Gasteiger partial charge on any atom is -0.444 e. The van der Waals surface area contributed by atoms with E-state index in [1.54, 1.807) is 37.4 Å². The first-order valence-electron chi connectivity index (χ1n) is 14.9. The van der Waals surface area contributed by atoms with Crippen LogP contribution in [-0.4, -0.2) is 52.5 Å². The smallest absolute Gasteiger partial charge is 0.408 e. The number of anilines is 1. The van der Waals surface area contributed by atoms with Gasteiger partial charge in [-0.05, 0) is 108 Å². The SMILES string of the molecule is CSCCC(NC(=O)OC(C)(C)C)C(=O)N(C(C)CCC(C)C)C(C(=O)Nc1ccccc1C)c1ccc(C)cc1C. The van der Waals surface area contributed by atoms with E-state index < -0.39 is 23.8 Å². The van der Waals surface area contributed by atoms with Crippen molar-refractivity contribution in [2.24, 2.45) is 5.92 Å². The van der Waals surface area contributed by atoms with Gasteiger partial charge in [-0.15, -0.1) is 0 Å². The van der Waals surface area contributed by atoms with Crippen LogP contribution in [-0.2, 0) is 14.3 Å². The lowest BCUT2D eigenvalue weighted by Gasteiger charge is -2.39. The van der Waals surface area contributed by atoms with Crippen molar-refractivity contribution in [2.45, 2.75) is 105 Å². The van der Waals surface area contributed by atoms with Crippen molar-refractivity contribution in [3.63, 3.8) is 0 Å². The number of benzene rings is 2. The number of nitrogens with zero attached hydrogens (tertiary/aromatic N) is 1. The summed E-state index contributed by atoms with van der Waals surface area (Å²) in [5, 5.41) is 5.95. The van der Waals surface area contributed by atoms with Gasteiger partial charge in [0.15, 0.2) is 0 Å². The molecule has 8 heteroatoms. The van der Waals surface area contributed by atoms with Crippen LogP contribution in [0.3, 0.4) is 0 Å². The number of hydrogen-bond donors (Lipinski definition) is 2. The zero-order chi connectivity index (χ0) is 31.6. The standard InChI is InChI=1S/C34H51N3O4S/c1-22(2)15-17-26(6)37(32(39)29(19-20-42-10)36-33(40)41-34(7,8)9)30(27-18-16-23(3)21-25(27)5)31(38)35-28-14-12-11-13-24(28)4/h11-14,16,18,21-22,26,29-30H,15,17,19-20H2,1-10H3,(H,35,38)(H,36,40). The van der Waals surface area contributed by atoms with Gasteiger partial charge >= 0.3 is 6.09 Å². The van der Waals surface area contributed by atoms with Crippen LogP contribution < -0.4 is 10.6 Å². The van der Waals surface area contributed by atoms with E-state index in [1.807, 2.05) is 76.4 Å². The van der Waals surface area contributed by atoms with Crippen molar-refractivity contribution in [2.75, 3.05) is 17.3 Å². The third-order valence-electron chi connectivity index (χ3n) is 7.14. The number of nitrogens with one attached hydrogen (secondary N) is 2. The molecule has 0 heterocycles. The number of ether oxygens (including phenoxy) is 1. The average molecular weight is 598 g/mol. The molecule has 0 radical (unpaired) electrons. The van der Waals surface area contributed by atoms with Gasteiger partial charge in [-0.1, -0.05) is 55.8 Å². The highest BCUT2D eigenvalue weighted by molar-refractivity contribution is 7.98. The predicted octanol–water partition coefficient (Wildman–Crippen LogP) is 7.59. The summed E-state index contributed by atoms with van der Waals surface area (Å²) in [6, 6.07) is 11.5. The Kier molecular flexibility index (Phi) is 13.4. The number of thioether (sulfide) groups is 1. The summed E-state index contributed by atoms with van der Waals surface area (Å²) in [5.41, 5.74) is 3.68. The molecule has 7 nitrogen and oxygen atoms in total. The Labute approximate surface area is 257 Å². The number of rotatable bonds is 13. The summed E-state index contributed by atoms with van der Waals surface area (Å²) in [7, 11) is 0. The monoisotopic (exact) mass is 597 g/mol. The minimum absolute atomic E-state index is 0.273. The van der Waals surface area contributed by atoms with E-state index in [2.05, 4.69) is 24.5 Å². The fourth-order valence-electron chi connectivity index (χ4n) is 4.90. The molecule has 0 saturated heterocycles. The van der Waals surface area contributed by atoms with Gasteiger partial charge in [0.05, 0.1) is 0 Å². The zero-order valence-corrected chi connectivity index (χ0v) is 28.0. The zero-order valence-electron chi connectivity index (χ0n) is 27.2. The molecule has 3 amide bonds. The summed E-state index contributed by atoms with van der Waals surface area (Å²) in [6.07, 6.45) is 3.32. The van der Waals surface area contributed by atoms with E-state index in [9.17, 15) is 14.4 Å². The number of alkyl carbamates (subject to hydrolysis) is 1. The maximum absolute atomic E-state index is 14.6. The molecule has 0 aromatic heterocycles. The Morgan fingerprint density at radius 2 is 1.60 bits per heavy atom. The highest BCUT2D eigenvalue weighted by Gasteiger charge is 2.39. The van der Waals surface area contributed by atoms with Crippen LogP contribution in [0.15, 0.2) is 42.5 Å². The Morgan fingerprint density at radius 3 is 2.17 bits per heavy atom. The normalized spacial score (nSPS) is 13.7. The van der Waals surface area contributed by atoms with Gasteiger partial charge in [-0.25, -0.2) is 4.79 Å². The first-order valence-corrected chi connectivity index (χ1v) is 16.3. The van der Waals surface area contributed by atoms with Crippen LogP contribution in [0.2, 0.25) is 0 Å². The van der Waals surface area contributed by atoms with E-state index in [0.717, 1.165) is 28.7 Å². The third kappa shape index (κ3) is 10.7. The van der Waals surface area contributed by atoms with Gasteiger partial charge in [-0.3, -0.25) is 9.59 Å². The van der Waals surface area contributed by atoms with Crippen molar-refractivity contribution in [3.8, 4) is 0 Å². The molecular weight excluding hydrogens is 546 g/mol. The van der Waals surface area contributed by atoms with Crippen LogP contribution in [0.25, 0.3) is 0 Å². The molecular formula is C34H51N3O4S. The lowest BCUT2D eigenvalue weighted by Crippen LogP contribution is -2.55. The molecule has 0 aliphatic carbocycles. The first kappa shape index (κ1) is 35.2. The molecule has 232 valence electrons. The van der Waals surface area contributed by atoms with E-state index in [0.29, 0.717) is 30.2 Å². The van der Waals surface area contributed by atoms with Crippen molar-refractivity contribution in [3.05, 3.63) is 64.7 Å². The summed E-state index contributed by atoms with van der Waals surface area (Å²) in [6.45, 7) is 17.6. The van der Waals surface area contributed by atoms with Gasteiger partial charge in [0.1, 0.15) is 17.7 Å². The Hall–Kier alpha value is -3.00. The highest BCUT2D eigenvalue weighted by atomic mass is 32.2. The van der Waals surface area contributed by atoms with E-state index in [-0.39, 0.29) is 17.9 Å². The number of carbonyl (C=O) groups excluding carboxylic acids is 3. The highest BCUT2D eigenvalue weighted by Crippen LogP contribution is 2.32. The van der Waals surface area contributed by atoms with Crippen LogP contribution in [0.1, 0.15) is 89.1 Å². The number of carbonyl (C=O) groups is 3. The summed E-state index contributed by atoms with van der Waals surface area (Å²) in [5.74, 6) is 0.499. The Bertz CT molecular complexity index is 1210. The average Bonchev–Trinajstić information content (AvgIpc) is 2.88. The van der Waals surface area contributed by atoms with Crippen molar-refractivity contribution < 1.29 is 19.1 Å². The molecule has 2 aromatic rings. The second kappa shape index (κ2) is 16.0. The summed E-state index contributed by atoms with van der Waals surface area (Å²) < 4.78 is 5.53. The number of hydrogen-bond acceptors (Lipinski definition) is 5. The number of amides is 3. The topological polar surface area (TPSA) is 87.7 Å². The molecule has 0 aliphatic rings. The van der Waals surface area contributed by atoms with Crippen molar-refractivity contribution >= 4 is 35.4 Å². The molecule has 2 N–H and O–H groups in total. The summed E-state index contributed by atoms with van der Waals surface area (Å²) in [4.78, 5) is 43.5. The molecule has 42 heavy (non-hydrogen) atoms. The van der Waals surface area contributed by atoms with Crippen molar-refractivity contribution in [1.82, 2.24) is 10.2 Å². The molecule has 3 atom stereocenters. The molecule has 0 saturated carbocycles. The van der Waals surface area contributed by atoms with Gasteiger partial charge in [0, 0.05) is 11.7 Å². The van der Waals surface area contributed by atoms with Crippen LogP contribution in [0.5, 0.6) is 0 Å². The third-order valence-corrected chi connectivity index (χ3v) is 7.78. The predicted molar refractivity (Wildman–Crippen MR) is 175 cm³/mol. The second-order valence-electron chi connectivity index (χ2n) is 12.6. The van der Waals surface area contributed by atoms with E-state index in [4.69, 9.17) is 4.74 Å². The molecule has 0 fully saturated rings. The fraction of sp³-hybridized carbons (Fsp3) is 0.559. The Balaban J connectivity index is 2.67. The van der Waals surface area contributed by atoms with Crippen LogP contribution in [0.4, 0.5) is 10.5 Å². The maximum atomic E-state index is 14.6. The molecule has 3 unspecified atom stereocenters. The summed E-state index contributed by atoms with van der Waals surface area (Å²) >= 11 is 1.60. The molecule has 0 bridgehead atoms. The molecule has 2 aromatic carbocycles. The van der Waals surface area contributed by atoms with E-state index >= 15 is 0 Å². The second-order valence-corrected chi connectivity index (χ2v) is 13.6. The first-order chi connectivity index (χ1) is 19.6. The fourth-order valence-corrected chi connectivity index (χ4v) is 5.37. The Morgan fingerprint density at radius 1 is 0.929 bits per heavy atom. The van der Waals surface area contributed by atoms with Gasteiger partial charge < -0.3 is 20.3 Å².